The Morgan fingerprint density at radius 1 is 0.897 bits per heavy atom. The molecular formula is C35H34O4. The quantitative estimate of drug-likeness (QED) is 0.152. The number of fused-ring (bicyclic) bond motifs is 2. The van der Waals surface area contributed by atoms with Gasteiger partial charge < -0.3 is 5.11 Å². The average Bonchev–Trinajstić information content (AvgIpc) is 2.94. The van der Waals surface area contributed by atoms with Crippen LogP contribution in [0.3, 0.4) is 0 Å². The van der Waals surface area contributed by atoms with Crippen LogP contribution < -0.4 is 0 Å². The van der Waals surface area contributed by atoms with Crippen LogP contribution in [0.5, 0.6) is 0 Å². The van der Waals surface area contributed by atoms with Crippen molar-refractivity contribution in [1.29, 1.82) is 0 Å². The van der Waals surface area contributed by atoms with E-state index in [1.165, 1.54) is 0 Å². The van der Waals surface area contributed by atoms with Gasteiger partial charge in [0.25, 0.3) is 0 Å². The molecule has 3 atom stereocenters. The zero-order valence-corrected chi connectivity index (χ0v) is 22.5. The molecule has 0 heterocycles. The van der Waals surface area contributed by atoms with Crippen LogP contribution in [-0.4, -0.2) is 22.5 Å². The summed E-state index contributed by atoms with van der Waals surface area (Å²) in [6.45, 7) is 7.87. The van der Waals surface area contributed by atoms with Gasteiger partial charge in [0.1, 0.15) is 16.7 Å². The van der Waals surface area contributed by atoms with Gasteiger partial charge in [0.15, 0.2) is 17.3 Å². The fourth-order valence-electron chi connectivity index (χ4n) is 6.99. The average molecular weight is 519 g/mol. The molecule has 1 fully saturated rings. The van der Waals surface area contributed by atoms with E-state index in [1.807, 2.05) is 74.5 Å². The zero-order valence-electron chi connectivity index (χ0n) is 22.5. The van der Waals surface area contributed by atoms with Crippen LogP contribution in [0.2, 0.25) is 0 Å². The highest BCUT2D eigenvalue weighted by atomic mass is 16.3. The van der Waals surface area contributed by atoms with E-state index >= 15 is 0 Å². The smallest absolute Gasteiger partial charge is 0.200 e. The van der Waals surface area contributed by atoms with E-state index < -0.39 is 27.8 Å². The Balaban J connectivity index is 1.78. The second-order valence-corrected chi connectivity index (χ2v) is 11.5. The largest absolute Gasteiger partial charge is 0.510 e. The monoisotopic (exact) mass is 518 g/mol. The van der Waals surface area contributed by atoms with Gasteiger partial charge in [0, 0.05) is 5.56 Å². The van der Waals surface area contributed by atoms with Crippen molar-refractivity contribution in [3.63, 3.8) is 0 Å². The summed E-state index contributed by atoms with van der Waals surface area (Å²) in [7, 11) is 0. The fourth-order valence-corrected chi connectivity index (χ4v) is 6.99. The summed E-state index contributed by atoms with van der Waals surface area (Å²) in [4.78, 5) is 43.3. The van der Waals surface area contributed by atoms with Gasteiger partial charge >= 0.3 is 0 Å². The Morgan fingerprint density at radius 2 is 1.44 bits per heavy atom. The number of carbonyl (C=O) groups is 3. The van der Waals surface area contributed by atoms with Gasteiger partial charge in [-0.15, -0.1) is 6.58 Å². The highest BCUT2D eigenvalue weighted by molar-refractivity contribution is 6.35. The molecule has 5 rings (SSSR count). The van der Waals surface area contributed by atoms with Crippen LogP contribution in [0.25, 0.3) is 0 Å². The maximum atomic E-state index is 14.8. The topological polar surface area (TPSA) is 71.4 Å². The molecule has 2 aliphatic carbocycles. The summed E-state index contributed by atoms with van der Waals surface area (Å²) in [6.07, 6.45) is 2.88. The molecule has 1 saturated carbocycles. The van der Waals surface area contributed by atoms with Gasteiger partial charge in [0.05, 0.1) is 5.41 Å². The van der Waals surface area contributed by atoms with Crippen LogP contribution in [0.15, 0.2) is 115 Å². The third-order valence-electron chi connectivity index (χ3n) is 9.23. The first-order chi connectivity index (χ1) is 18.7. The molecule has 0 radical (unpaired) electrons. The van der Waals surface area contributed by atoms with Crippen LogP contribution in [0.1, 0.15) is 48.2 Å². The molecule has 0 spiro atoms. The standard InChI is InChI=1S/C35H34O4/c1-4-20-35-31(38)28(29(36)26-18-12-7-13-19-26)30(37)34(32(35)39,22-25-16-10-6-11-17-25)23-27(33(35,2)3)21-24-14-8-5-9-15-24/h4-19,27,37H,1,20-23H2,2-3H3/t27-,34-,35+/m1/s1. The Labute approximate surface area is 230 Å². The molecule has 3 aromatic rings. The predicted molar refractivity (Wildman–Crippen MR) is 152 cm³/mol. The lowest BCUT2D eigenvalue weighted by atomic mass is 9.39. The van der Waals surface area contributed by atoms with E-state index in [9.17, 15) is 19.5 Å². The second kappa shape index (κ2) is 9.92. The fraction of sp³-hybridized carbons (Fsp3) is 0.286. The summed E-state index contributed by atoms with van der Waals surface area (Å²) in [5, 5.41) is 12.0. The molecule has 1 N–H and O–H groups in total. The molecule has 3 aromatic carbocycles. The Bertz CT molecular complexity index is 1450. The van der Waals surface area contributed by atoms with Crippen molar-refractivity contribution in [2.75, 3.05) is 0 Å². The van der Waals surface area contributed by atoms with Crippen LogP contribution in [0, 0.1) is 22.2 Å². The first-order valence-corrected chi connectivity index (χ1v) is 13.5. The molecule has 4 heteroatoms. The Hall–Kier alpha value is -4.05. The Kier molecular flexibility index (Phi) is 6.76. The number of Topliss-reactive ketones (excluding diaryl/α,β-unsaturated/α-hetero) is 3. The van der Waals surface area contributed by atoms with Crippen LogP contribution in [0.4, 0.5) is 0 Å². The summed E-state index contributed by atoms with van der Waals surface area (Å²) in [5.41, 5.74) is -1.74. The third kappa shape index (κ3) is 4.01. The van der Waals surface area contributed by atoms with Crippen molar-refractivity contribution in [2.24, 2.45) is 22.2 Å². The van der Waals surface area contributed by atoms with E-state index in [-0.39, 0.29) is 35.9 Å². The highest BCUT2D eigenvalue weighted by Crippen LogP contribution is 2.65. The summed E-state index contributed by atoms with van der Waals surface area (Å²) in [5.74, 6) is -1.96. The van der Waals surface area contributed by atoms with Gasteiger partial charge in [-0.1, -0.05) is 111 Å². The molecule has 0 unspecified atom stereocenters. The van der Waals surface area contributed by atoms with Crippen LogP contribution >= 0.6 is 0 Å². The number of hydrogen-bond acceptors (Lipinski definition) is 4. The van der Waals surface area contributed by atoms with Gasteiger partial charge in [0.2, 0.25) is 0 Å². The number of benzene rings is 3. The van der Waals surface area contributed by atoms with Crippen molar-refractivity contribution < 1.29 is 19.5 Å². The van der Waals surface area contributed by atoms with Crippen molar-refractivity contribution in [3.05, 3.63) is 132 Å². The molecular weight excluding hydrogens is 484 g/mol. The molecule has 0 saturated heterocycles. The number of aliphatic hydroxyl groups excluding tert-OH is 1. The minimum Gasteiger partial charge on any atom is -0.510 e. The minimum absolute atomic E-state index is 0.0956. The van der Waals surface area contributed by atoms with E-state index in [0.717, 1.165) is 11.1 Å². The van der Waals surface area contributed by atoms with Gasteiger partial charge in [-0.05, 0) is 48.1 Å². The van der Waals surface area contributed by atoms with Crippen molar-refractivity contribution in [2.45, 2.75) is 39.5 Å². The summed E-state index contributed by atoms with van der Waals surface area (Å²) in [6, 6.07) is 28.1. The molecule has 39 heavy (non-hydrogen) atoms. The van der Waals surface area contributed by atoms with Crippen molar-refractivity contribution in [3.8, 4) is 0 Å². The molecule has 198 valence electrons. The normalized spacial score (nSPS) is 25.8. The van der Waals surface area contributed by atoms with E-state index in [0.29, 0.717) is 18.4 Å². The minimum atomic E-state index is -1.53. The van der Waals surface area contributed by atoms with E-state index in [2.05, 4.69) is 6.58 Å². The number of hydrogen-bond donors (Lipinski definition) is 1. The highest BCUT2D eigenvalue weighted by Gasteiger charge is 2.72. The molecule has 0 amide bonds. The number of rotatable bonds is 8. The molecule has 4 nitrogen and oxygen atoms in total. The first kappa shape index (κ1) is 26.6. The van der Waals surface area contributed by atoms with Crippen molar-refractivity contribution >= 4 is 17.3 Å². The maximum absolute atomic E-state index is 14.8. The number of allylic oxidation sites excluding steroid dienone is 3. The Morgan fingerprint density at radius 3 is 2.00 bits per heavy atom. The molecule has 2 aliphatic rings. The third-order valence-corrected chi connectivity index (χ3v) is 9.23. The van der Waals surface area contributed by atoms with Crippen molar-refractivity contribution in [1.82, 2.24) is 0 Å². The lowest BCUT2D eigenvalue weighted by Gasteiger charge is -2.60. The van der Waals surface area contributed by atoms with Gasteiger partial charge in [-0.25, -0.2) is 0 Å². The van der Waals surface area contributed by atoms with Gasteiger partial charge in [-0.2, -0.15) is 0 Å². The lowest BCUT2D eigenvalue weighted by molar-refractivity contribution is -0.171. The number of ketones is 3. The number of aliphatic hydroxyl groups is 1. The second-order valence-electron chi connectivity index (χ2n) is 11.5. The molecule has 0 aliphatic heterocycles. The van der Waals surface area contributed by atoms with Crippen LogP contribution in [-0.2, 0) is 22.4 Å². The van der Waals surface area contributed by atoms with E-state index in [1.54, 1.807) is 36.4 Å². The zero-order chi connectivity index (χ0) is 27.8. The maximum Gasteiger partial charge on any atom is 0.200 e. The van der Waals surface area contributed by atoms with E-state index in [4.69, 9.17) is 0 Å². The molecule has 2 bridgehead atoms. The SMILES string of the molecule is C=CC[C@@]12C(=O)C(C(=O)c3ccccc3)=C(O)[C@@](Cc3ccccc3)(C[C@@H](Cc3ccccc3)C1(C)C)C2=O. The molecule has 0 aromatic heterocycles. The first-order valence-electron chi connectivity index (χ1n) is 13.5. The summed E-state index contributed by atoms with van der Waals surface area (Å²) < 4.78 is 0. The van der Waals surface area contributed by atoms with Gasteiger partial charge in [-0.3, -0.25) is 14.4 Å². The predicted octanol–water partition coefficient (Wildman–Crippen LogP) is 6.91. The summed E-state index contributed by atoms with van der Waals surface area (Å²) >= 11 is 0. The lowest BCUT2D eigenvalue weighted by Crippen LogP contribution is -2.67. The number of carbonyl (C=O) groups excluding carboxylic acids is 3.